The van der Waals surface area contributed by atoms with Gasteiger partial charge in [-0.3, -0.25) is 4.79 Å². The van der Waals surface area contributed by atoms with Crippen molar-refractivity contribution in [3.05, 3.63) is 74.8 Å². The molecule has 0 radical (unpaired) electrons. The SMILES string of the molecule is Cc1cc2c(c(=O)n1CCO)C(c1cccc(F)c1)C(C#N)=C(N)O2. The van der Waals surface area contributed by atoms with Crippen LogP contribution in [0.3, 0.4) is 0 Å². The Labute approximate surface area is 143 Å². The van der Waals surface area contributed by atoms with Crippen molar-refractivity contribution in [3.8, 4) is 11.8 Å². The van der Waals surface area contributed by atoms with Gasteiger partial charge in [-0.05, 0) is 24.6 Å². The van der Waals surface area contributed by atoms with Gasteiger partial charge in [-0.1, -0.05) is 12.1 Å². The zero-order valence-corrected chi connectivity index (χ0v) is 13.5. The highest BCUT2D eigenvalue weighted by atomic mass is 19.1. The molecule has 1 aliphatic rings. The van der Waals surface area contributed by atoms with Crippen LogP contribution in [-0.2, 0) is 6.54 Å². The average Bonchev–Trinajstić information content (AvgIpc) is 2.57. The summed E-state index contributed by atoms with van der Waals surface area (Å²) in [4.78, 5) is 13.0. The molecule has 1 atom stereocenters. The number of hydrogen-bond donors (Lipinski definition) is 2. The van der Waals surface area contributed by atoms with Crippen molar-refractivity contribution in [3.63, 3.8) is 0 Å². The molecule has 25 heavy (non-hydrogen) atoms. The van der Waals surface area contributed by atoms with E-state index in [1.807, 2.05) is 6.07 Å². The maximum absolute atomic E-state index is 13.7. The lowest BCUT2D eigenvalue weighted by molar-refractivity contribution is 0.272. The average molecular weight is 341 g/mol. The quantitative estimate of drug-likeness (QED) is 0.881. The molecule has 0 aliphatic carbocycles. The van der Waals surface area contributed by atoms with Crippen LogP contribution in [0.25, 0.3) is 0 Å². The molecule has 1 aromatic heterocycles. The maximum atomic E-state index is 13.7. The minimum absolute atomic E-state index is 0.0506. The lowest BCUT2D eigenvalue weighted by atomic mass is 9.84. The molecular formula is C18H16FN3O3. The predicted molar refractivity (Wildman–Crippen MR) is 88.2 cm³/mol. The van der Waals surface area contributed by atoms with E-state index in [0.717, 1.165) is 0 Å². The topological polar surface area (TPSA) is 101 Å². The fraction of sp³-hybridized carbons (Fsp3) is 0.222. The first-order valence-electron chi connectivity index (χ1n) is 7.66. The first-order chi connectivity index (χ1) is 12.0. The molecule has 3 N–H and O–H groups in total. The molecule has 128 valence electrons. The van der Waals surface area contributed by atoms with Crippen LogP contribution in [0.1, 0.15) is 22.7 Å². The number of hydrogen-bond acceptors (Lipinski definition) is 5. The summed E-state index contributed by atoms with van der Waals surface area (Å²) in [6, 6.07) is 9.27. The van der Waals surface area contributed by atoms with E-state index in [1.165, 1.54) is 22.8 Å². The fourth-order valence-electron chi connectivity index (χ4n) is 3.08. The van der Waals surface area contributed by atoms with Crippen LogP contribution >= 0.6 is 0 Å². The molecule has 0 bridgehead atoms. The number of benzene rings is 1. The largest absolute Gasteiger partial charge is 0.440 e. The predicted octanol–water partition coefficient (Wildman–Crippen LogP) is 1.51. The second kappa shape index (κ2) is 6.42. The Hall–Kier alpha value is -3.11. The molecule has 0 amide bonds. The van der Waals surface area contributed by atoms with E-state index >= 15 is 0 Å². The molecular weight excluding hydrogens is 325 g/mol. The summed E-state index contributed by atoms with van der Waals surface area (Å²) < 4.78 is 20.6. The number of pyridine rings is 1. The minimum atomic E-state index is -0.831. The monoisotopic (exact) mass is 341 g/mol. The van der Waals surface area contributed by atoms with Crippen LogP contribution in [0, 0.1) is 24.1 Å². The molecule has 3 rings (SSSR count). The van der Waals surface area contributed by atoms with Gasteiger partial charge in [0.2, 0.25) is 5.88 Å². The van der Waals surface area contributed by atoms with Crippen LogP contribution in [-0.4, -0.2) is 16.3 Å². The summed E-state index contributed by atoms with van der Waals surface area (Å²) in [5.74, 6) is -1.18. The van der Waals surface area contributed by atoms with Crippen molar-refractivity contribution in [2.24, 2.45) is 5.73 Å². The van der Waals surface area contributed by atoms with E-state index in [4.69, 9.17) is 10.5 Å². The molecule has 7 heteroatoms. The molecule has 6 nitrogen and oxygen atoms in total. The number of nitrogens with zero attached hydrogens (tertiary/aromatic N) is 2. The summed E-state index contributed by atoms with van der Waals surface area (Å²) in [6.07, 6.45) is 0. The van der Waals surface area contributed by atoms with Crippen LogP contribution in [0.4, 0.5) is 4.39 Å². The molecule has 0 saturated carbocycles. The zero-order valence-electron chi connectivity index (χ0n) is 13.5. The number of aliphatic hydroxyl groups excluding tert-OH is 1. The van der Waals surface area contributed by atoms with Crippen LogP contribution < -0.4 is 16.0 Å². The smallest absolute Gasteiger partial charge is 0.258 e. The van der Waals surface area contributed by atoms with E-state index < -0.39 is 17.3 Å². The molecule has 1 aliphatic heterocycles. The number of aromatic nitrogens is 1. The van der Waals surface area contributed by atoms with Gasteiger partial charge in [0, 0.05) is 18.3 Å². The molecule has 0 saturated heterocycles. The van der Waals surface area contributed by atoms with Crippen molar-refractivity contribution in [2.45, 2.75) is 19.4 Å². The third kappa shape index (κ3) is 2.77. The van der Waals surface area contributed by atoms with Crippen molar-refractivity contribution < 1.29 is 14.2 Å². The molecule has 0 fully saturated rings. The fourth-order valence-corrected chi connectivity index (χ4v) is 3.08. The van der Waals surface area contributed by atoms with Gasteiger partial charge in [0.1, 0.15) is 23.2 Å². The van der Waals surface area contributed by atoms with E-state index in [1.54, 1.807) is 19.1 Å². The van der Waals surface area contributed by atoms with Crippen LogP contribution in [0.15, 0.2) is 46.6 Å². The van der Waals surface area contributed by atoms with Crippen molar-refractivity contribution in [1.82, 2.24) is 4.57 Å². The second-order valence-electron chi connectivity index (χ2n) is 5.72. The summed E-state index contributed by atoms with van der Waals surface area (Å²) in [6.45, 7) is 1.60. The van der Waals surface area contributed by atoms with E-state index in [-0.39, 0.29) is 35.9 Å². The van der Waals surface area contributed by atoms with Gasteiger partial charge in [-0.2, -0.15) is 5.26 Å². The van der Waals surface area contributed by atoms with Crippen LogP contribution in [0.5, 0.6) is 5.75 Å². The number of fused-ring (bicyclic) bond motifs is 1. The van der Waals surface area contributed by atoms with Gasteiger partial charge in [-0.15, -0.1) is 0 Å². The van der Waals surface area contributed by atoms with E-state index in [2.05, 4.69) is 0 Å². The first-order valence-corrected chi connectivity index (χ1v) is 7.66. The van der Waals surface area contributed by atoms with E-state index in [9.17, 15) is 19.6 Å². The van der Waals surface area contributed by atoms with E-state index in [0.29, 0.717) is 11.3 Å². The third-order valence-corrected chi connectivity index (χ3v) is 4.20. The number of aliphatic hydroxyl groups is 1. The number of aryl methyl sites for hydroxylation is 1. The highest BCUT2D eigenvalue weighted by Gasteiger charge is 2.34. The number of nitriles is 1. The van der Waals surface area contributed by atoms with Crippen molar-refractivity contribution in [2.75, 3.05) is 6.61 Å². The molecule has 2 aromatic rings. The van der Waals surface area contributed by atoms with Gasteiger partial charge < -0.3 is 20.1 Å². The van der Waals surface area contributed by atoms with Crippen molar-refractivity contribution >= 4 is 0 Å². The molecule has 0 spiro atoms. The summed E-state index contributed by atoms with van der Waals surface area (Å²) in [5.41, 5.74) is 6.73. The lowest BCUT2D eigenvalue weighted by Gasteiger charge is -2.27. The molecule has 1 aromatic carbocycles. The highest BCUT2D eigenvalue weighted by molar-refractivity contribution is 5.55. The minimum Gasteiger partial charge on any atom is -0.440 e. The Morgan fingerprint density at radius 1 is 1.44 bits per heavy atom. The second-order valence-corrected chi connectivity index (χ2v) is 5.72. The number of ether oxygens (including phenoxy) is 1. The number of allylic oxidation sites excluding steroid dienone is 1. The number of halogens is 1. The summed E-state index contributed by atoms with van der Waals surface area (Å²) in [7, 11) is 0. The Morgan fingerprint density at radius 3 is 2.84 bits per heavy atom. The standard InChI is InChI=1S/C18H16FN3O3/c1-10-7-14-16(18(24)22(10)5-6-23)15(13(9-20)17(21)25-14)11-3-2-4-12(19)8-11/h2-4,7-8,15,23H,5-6,21H2,1H3. The molecule has 1 unspecified atom stereocenters. The normalized spacial score (nSPS) is 16.2. The summed E-state index contributed by atoms with van der Waals surface area (Å²) in [5, 5.41) is 18.7. The first kappa shape index (κ1) is 16.7. The Morgan fingerprint density at radius 2 is 2.20 bits per heavy atom. The molecule has 2 heterocycles. The van der Waals surface area contributed by atoms with Gasteiger partial charge in [-0.25, -0.2) is 4.39 Å². The maximum Gasteiger partial charge on any atom is 0.258 e. The third-order valence-electron chi connectivity index (χ3n) is 4.20. The van der Waals surface area contributed by atoms with Crippen LogP contribution in [0.2, 0.25) is 0 Å². The summed E-state index contributed by atoms with van der Waals surface area (Å²) >= 11 is 0. The van der Waals surface area contributed by atoms with Gasteiger partial charge in [0.25, 0.3) is 5.56 Å². The number of nitrogens with two attached hydrogens (primary N) is 1. The Balaban J connectivity index is 2.33. The zero-order chi connectivity index (χ0) is 18.1. The van der Waals surface area contributed by atoms with Crippen molar-refractivity contribution in [1.29, 1.82) is 5.26 Å². The Kier molecular flexibility index (Phi) is 4.30. The van der Waals surface area contributed by atoms with Gasteiger partial charge in [0.05, 0.1) is 18.1 Å². The number of rotatable bonds is 3. The van der Waals surface area contributed by atoms with Gasteiger partial charge >= 0.3 is 0 Å². The highest BCUT2D eigenvalue weighted by Crippen LogP contribution is 2.40. The Bertz CT molecular complexity index is 973. The van der Waals surface area contributed by atoms with Gasteiger partial charge in [0.15, 0.2) is 0 Å². The lowest BCUT2D eigenvalue weighted by Crippen LogP contribution is -2.33.